The second kappa shape index (κ2) is 13.1. The van der Waals surface area contributed by atoms with Crippen molar-refractivity contribution in [3.05, 3.63) is 66.2 Å². The third-order valence-corrected chi connectivity index (χ3v) is 9.49. The number of aromatic nitrogens is 1. The van der Waals surface area contributed by atoms with E-state index in [0.717, 1.165) is 77.1 Å². The molecule has 2 atom stereocenters. The molecule has 4 heterocycles. The fourth-order valence-corrected chi connectivity index (χ4v) is 6.84. The van der Waals surface area contributed by atoms with Crippen molar-refractivity contribution in [3.8, 4) is 5.75 Å². The monoisotopic (exact) mass is 623 g/mol. The van der Waals surface area contributed by atoms with Gasteiger partial charge >= 0.3 is 0 Å². The molecule has 3 saturated heterocycles. The van der Waals surface area contributed by atoms with Gasteiger partial charge in [-0.25, -0.2) is 4.98 Å². The lowest BCUT2D eigenvalue weighted by Gasteiger charge is -2.35. The van der Waals surface area contributed by atoms with Crippen molar-refractivity contribution in [1.29, 1.82) is 0 Å². The molecule has 3 fully saturated rings. The van der Waals surface area contributed by atoms with Crippen molar-refractivity contribution in [2.45, 2.75) is 31.7 Å². The largest absolute Gasteiger partial charge is 0.497 e. The highest BCUT2D eigenvalue weighted by atomic mass is 16.5. The summed E-state index contributed by atoms with van der Waals surface area (Å²) in [6, 6.07) is 19.5. The number of hydrogen-bond acceptors (Lipinski definition) is 8. The number of likely N-dealkylation sites (tertiary alicyclic amines) is 1. The second-order valence-electron chi connectivity index (χ2n) is 12.3. The first-order chi connectivity index (χ1) is 22.5. The van der Waals surface area contributed by atoms with Gasteiger partial charge in [0.05, 0.1) is 50.7 Å². The van der Waals surface area contributed by atoms with E-state index in [1.54, 1.807) is 12.0 Å². The number of hydrogen-bond donors (Lipinski definition) is 1. The molecule has 10 nitrogen and oxygen atoms in total. The number of morpholine rings is 2. The number of benzene rings is 3. The zero-order valence-electron chi connectivity index (χ0n) is 26.5. The number of methoxy groups -OCH3 is 1. The minimum atomic E-state index is -0.513. The molecule has 3 aliphatic heterocycles. The van der Waals surface area contributed by atoms with Crippen LogP contribution in [-0.2, 0) is 19.1 Å². The number of carbonyl (C=O) groups excluding carboxylic acids is 2. The van der Waals surface area contributed by atoms with Gasteiger partial charge in [-0.15, -0.1) is 0 Å². The molecule has 7 rings (SSSR count). The average molecular weight is 624 g/mol. The molecule has 0 bridgehead atoms. The molecular weight excluding hydrogens is 582 g/mol. The van der Waals surface area contributed by atoms with Crippen LogP contribution in [0.2, 0.25) is 0 Å². The summed E-state index contributed by atoms with van der Waals surface area (Å²) in [6.45, 7) is 8.44. The lowest BCUT2D eigenvalue weighted by molar-refractivity contribution is -0.137. The highest BCUT2D eigenvalue weighted by molar-refractivity contribution is 6.00. The van der Waals surface area contributed by atoms with Gasteiger partial charge in [0, 0.05) is 43.8 Å². The van der Waals surface area contributed by atoms with E-state index < -0.39 is 6.04 Å². The minimum absolute atomic E-state index is 0.0287. The van der Waals surface area contributed by atoms with Crippen molar-refractivity contribution in [1.82, 2.24) is 9.88 Å². The number of fused-ring (bicyclic) bond motifs is 2. The standard InChI is InChI=1S/C36H41N5O5/c1-24(25-5-6-27-22-30(44-2)9-7-26(27)20-25)36(43)41-11-3-4-32(41)35(42)37-29-8-10-31-28(21-29)23-33(39-12-16-45-17-13-39)34(38-31)40-14-18-46-19-15-40/h5-10,20-24,32H,3-4,11-19H2,1-2H3,(H,37,42)/t24?,32-/m0/s1. The van der Waals surface area contributed by atoms with Crippen molar-refractivity contribution in [2.24, 2.45) is 0 Å². The Morgan fingerprint density at radius 2 is 1.57 bits per heavy atom. The Morgan fingerprint density at radius 1 is 0.848 bits per heavy atom. The van der Waals surface area contributed by atoms with Crippen molar-refractivity contribution < 1.29 is 23.8 Å². The number of carbonyl (C=O) groups is 2. The van der Waals surface area contributed by atoms with Gasteiger partial charge in [0.1, 0.15) is 11.8 Å². The first kappa shape index (κ1) is 30.3. The SMILES string of the molecule is COc1ccc2cc(C(C)C(=O)N3CCC[C@H]3C(=O)Nc3ccc4nc(N5CCOCC5)c(N5CCOCC5)cc4c3)ccc2c1. The summed E-state index contributed by atoms with van der Waals surface area (Å²) in [7, 11) is 1.65. The smallest absolute Gasteiger partial charge is 0.247 e. The lowest BCUT2D eigenvalue weighted by Crippen LogP contribution is -2.44. The summed E-state index contributed by atoms with van der Waals surface area (Å²) in [5.41, 5.74) is 3.58. The number of nitrogens with one attached hydrogen (secondary N) is 1. The van der Waals surface area contributed by atoms with E-state index in [9.17, 15) is 9.59 Å². The highest BCUT2D eigenvalue weighted by Gasteiger charge is 2.36. The van der Waals surface area contributed by atoms with E-state index in [-0.39, 0.29) is 17.7 Å². The van der Waals surface area contributed by atoms with Crippen LogP contribution in [0.15, 0.2) is 60.7 Å². The molecule has 0 radical (unpaired) electrons. The van der Waals surface area contributed by atoms with Crippen molar-refractivity contribution in [3.63, 3.8) is 0 Å². The molecule has 0 saturated carbocycles. The molecule has 3 aliphatic rings. The zero-order chi connectivity index (χ0) is 31.6. The van der Waals surface area contributed by atoms with Crippen LogP contribution in [0, 0.1) is 0 Å². The van der Waals surface area contributed by atoms with Crippen LogP contribution in [0.25, 0.3) is 21.7 Å². The Hall–Kier alpha value is -4.41. The molecule has 240 valence electrons. The Kier molecular flexibility index (Phi) is 8.64. The molecule has 3 aromatic carbocycles. The fourth-order valence-electron chi connectivity index (χ4n) is 6.84. The maximum Gasteiger partial charge on any atom is 0.247 e. The Balaban J connectivity index is 1.09. The summed E-state index contributed by atoms with van der Waals surface area (Å²) >= 11 is 0. The zero-order valence-corrected chi connectivity index (χ0v) is 26.5. The topological polar surface area (TPSA) is 96.5 Å². The number of rotatable bonds is 7. The van der Waals surface area contributed by atoms with Crippen molar-refractivity contribution in [2.75, 3.05) is 81.4 Å². The Bertz CT molecular complexity index is 1750. The van der Waals surface area contributed by atoms with Gasteiger partial charge in [0.15, 0.2) is 5.82 Å². The fraction of sp³-hybridized carbons (Fsp3) is 0.417. The van der Waals surface area contributed by atoms with Gasteiger partial charge in [-0.05, 0) is 72.5 Å². The summed E-state index contributed by atoms with van der Waals surface area (Å²) in [5, 5.41) is 6.18. The number of amides is 2. The molecule has 0 spiro atoms. The molecule has 46 heavy (non-hydrogen) atoms. The van der Waals surface area contributed by atoms with Crippen molar-refractivity contribution >= 4 is 50.7 Å². The molecule has 0 aliphatic carbocycles. The van der Waals surface area contributed by atoms with Gasteiger partial charge in [-0.3, -0.25) is 9.59 Å². The van der Waals surface area contributed by atoms with E-state index >= 15 is 0 Å². The normalized spacial score (nSPS) is 19.4. The average Bonchev–Trinajstić information content (AvgIpc) is 3.61. The third kappa shape index (κ3) is 6.07. The first-order valence-electron chi connectivity index (χ1n) is 16.3. The van der Waals surface area contributed by atoms with Crippen LogP contribution >= 0.6 is 0 Å². The van der Waals surface area contributed by atoms with Crippen LogP contribution in [-0.4, -0.2) is 94.0 Å². The van der Waals surface area contributed by atoms with E-state index in [0.29, 0.717) is 45.1 Å². The number of pyridine rings is 1. The number of anilines is 3. The molecule has 1 N–H and O–H groups in total. The van der Waals surface area contributed by atoms with E-state index in [1.165, 1.54) is 0 Å². The summed E-state index contributed by atoms with van der Waals surface area (Å²) in [6.07, 6.45) is 1.43. The summed E-state index contributed by atoms with van der Waals surface area (Å²) < 4.78 is 16.6. The number of nitrogens with zero attached hydrogens (tertiary/aromatic N) is 4. The molecule has 4 aromatic rings. The summed E-state index contributed by atoms with van der Waals surface area (Å²) in [5.74, 6) is 1.21. The third-order valence-electron chi connectivity index (χ3n) is 9.49. The van der Waals surface area contributed by atoms with Gasteiger partial charge in [-0.1, -0.05) is 24.3 Å². The Morgan fingerprint density at radius 3 is 2.33 bits per heavy atom. The van der Waals surface area contributed by atoms with Crippen LogP contribution < -0.4 is 19.9 Å². The van der Waals surface area contributed by atoms with Gasteiger partial charge in [0.25, 0.3) is 0 Å². The second-order valence-corrected chi connectivity index (χ2v) is 12.3. The predicted octanol–water partition coefficient (Wildman–Crippen LogP) is 4.80. The van der Waals surface area contributed by atoms with Crippen LogP contribution in [0.4, 0.5) is 17.2 Å². The van der Waals surface area contributed by atoms with Crippen LogP contribution in [0.1, 0.15) is 31.2 Å². The molecule has 2 amide bonds. The first-order valence-corrected chi connectivity index (χ1v) is 16.3. The quantitative estimate of drug-likeness (QED) is 0.314. The summed E-state index contributed by atoms with van der Waals surface area (Å²) in [4.78, 5) is 38.9. The van der Waals surface area contributed by atoms with Crippen LogP contribution in [0.3, 0.4) is 0 Å². The van der Waals surface area contributed by atoms with Crippen LogP contribution in [0.5, 0.6) is 5.75 Å². The minimum Gasteiger partial charge on any atom is -0.497 e. The van der Waals surface area contributed by atoms with E-state index in [4.69, 9.17) is 19.2 Å². The number of ether oxygens (including phenoxy) is 3. The molecule has 1 unspecified atom stereocenters. The highest BCUT2D eigenvalue weighted by Crippen LogP contribution is 2.34. The van der Waals surface area contributed by atoms with E-state index in [1.807, 2.05) is 55.5 Å². The maximum atomic E-state index is 13.8. The molecule has 10 heteroatoms. The Labute approximate surface area is 269 Å². The molecular formula is C36H41N5O5. The maximum absolute atomic E-state index is 13.8. The van der Waals surface area contributed by atoms with Gasteiger partial charge < -0.3 is 34.2 Å². The molecule has 1 aromatic heterocycles. The van der Waals surface area contributed by atoms with Gasteiger partial charge in [-0.2, -0.15) is 0 Å². The van der Waals surface area contributed by atoms with E-state index in [2.05, 4.69) is 27.2 Å². The van der Waals surface area contributed by atoms with Gasteiger partial charge in [0.2, 0.25) is 11.8 Å². The lowest BCUT2D eigenvalue weighted by atomic mass is 9.96. The predicted molar refractivity (Wildman–Crippen MR) is 180 cm³/mol.